The minimum atomic E-state index is -3.13. The van der Waals surface area contributed by atoms with E-state index in [9.17, 15) is 8.42 Å². The van der Waals surface area contributed by atoms with Crippen molar-refractivity contribution in [3.63, 3.8) is 0 Å². The number of rotatable bonds is 6. The quantitative estimate of drug-likeness (QED) is 0.748. The third-order valence-corrected chi connectivity index (χ3v) is 6.50. The van der Waals surface area contributed by atoms with E-state index in [1.165, 1.54) is 27.7 Å². The van der Waals surface area contributed by atoms with E-state index in [-0.39, 0.29) is 11.8 Å². The lowest BCUT2D eigenvalue weighted by Crippen LogP contribution is -2.39. The molecular formula is C18H25N3O2S. The van der Waals surface area contributed by atoms with Crippen molar-refractivity contribution in [2.45, 2.75) is 51.1 Å². The van der Waals surface area contributed by atoms with Crippen molar-refractivity contribution in [2.24, 2.45) is 0 Å². The average molecular weight is 347 g/mol. The van der Waals surface area contributed by atoms with Gasteiger partial charge in [0.1, 0.15) is 0 Å². The molecular weight excluding hydrogens is 322 g/mol. The predicted molar refractivity (Wildman–Crippen MR) is 96.8 cm³/mol. The van der Waals surface area contributed by atoms with Crippen LogP contribution in [0.25, 0.3) is 10.9 Å². The molecule has 0 radical (unpaired) electrons. The average Bonchev–Trinajstić information content (AvgIpc) is 3.26. The van der Waals surface area contributed by atoms with E-state index in [1.807, 2.05) is 0 Å². The second-order valence-corrected chi connectivity index (χ2v) is 9.11. The highest BCUT2D eigenvalue weighted by Gasteiger charge is 2.27. The second-order valence-electron chi connectivity index (χ2n) is 7.24. The minimum absolute atomic E-state index is 0.167. The summed E-state index contributed by atoms with van der Waals surface area (Å²) in [6.07, 6.45) is 5.01. The van der Waals surface area contributed by atoms with Crippen LogP contribution in [-0.2, 0) is 22.9 Å². The van der Waals surface area contributed by atoms with Crippen molar-refractivity contribution < 1.29 is 8.42 Å². The molecule has 2 aliphatic rings. The number of aromatic nitrogens is 1. The highest BCUT2D eigenvalue weighted by atomic mass is 32.2. The lowest BCUT2D eigenvalue weighted by atomic mass is 9.91. The normalized spacial score (nSPS) is 21.1. The summed E-state index contributed by atoms with van der Waals surface area (Å²) >= 11 is 0. The van der Waals surface area contributed by atoms with E-state index in [0.717, 1.165) is 32.1 Å². The van der Waals surface area contributed by atoms with Crippen LogP contribution in [0.2, 0.25) is 0 Å². The number of sulfonamides is 1. The zero-order valence-electron chi connectivity index (χ0n) is 14.1. The molecule has 4 rings (SSSR count). The Morgan fingerprint density at radius 3 is 2.83 bits per heavy atom. The Morgan fingerprint density at radius 1 is 1.21 bits per heavy atom. The topological polar surface area (TPSA) is 74.0 Å². The maximum atomic E-state index is 11.9. The number of hydrogen-bond donors (Lipinski definition) is 3. The van der Waals surface area contributed by atoms with Gasteiger partial charge in [0.05, 0.1) is 5.75 Å². The fourth-order valence-corrected chi connectivity index (χ4v) is 4.86. The molecule has 1 atom stereocenters. The first-order valence-corrected chi connectivity index (χ1v) is 10.5. The summed E-state index contributed by atoms with van der Waals surface area (Å²) in [5, 5.41) is 4.77. The lowest BCUT2D eigenvalue weighted by molar-refractivity contribution is 0.468. The Labute approximate surface area is 143 Å². The maximum absolute atomic E-state index is 11.9. The Bertz CT molecular complexity index is 853. The molecule has 0 amide bonds. The SMILES string of the molecule is Cc1ccc2[nH]c3c(c2c1)CC(NCCS(=O)(=O)NC1CC1)CC3. The fourth-order valence-electron chi connectivity index (χ4n) is 3.62. The van der Waals surface area contributed by atoms with Gasteiger partial charge >= 0.3 is 0 Å². The van der Waals surface area contributed by atoms with Gasteiger partial charge in [0.2, 0.25) is 10.0 Å². The lowest BCUT2D eigenvalue weighted by Gasteiger charge is -2.23. The Hall–Kier alpha value is -1.37. The summed E-state index contributed by atoms with van der Waals surface area (Å²) < 4.78 is 26.6. The van der Waals surface area contributed by atoms with Gasteiger partial charge in [0.15, 0.2) is 0 Å². The molecule has 1 heterocycles. The van der Waals surface area contributed by atoms with Gasteiger partial charge in [0.25, 0.3) is 0 Å². The standard InChI is InChI=1S/C18H25N3O2S/c1-12-2-6-17-15(10-12)16-11-14(5-7-18(16)20-17)19-8-9-24(22,23)21-13-3-4-13/h2,6,10,13-14,19-21H,3-5,7-9,11H2,1H3. The molecule has 1 fully saturated rings. The Kier molecular flexibility index (Phi) is 4.14. The fraction of sp³-hybridized carbons (Fsp3) is 0.556. The van der Waals surface area contributed by atoms with Gasteiger partial charge in [-0.15, -0.1) is 0 Å². The van der Waals surface area contributed by atoms with Crippen molar-refractivity contribution in [1.82, 2.24) is 15.0 Å². The van der Waals surface area contributed by atoms with Gasteiger partial charge in [-0.25, -0.2) is 13.1 Å². The third-order valence-electron chi connectivity index (χ3n) is 5.07. The number of aromatic amines is 1. The molecule has 0 spiro atoms. The van der Waals surface area contributed by atoms with Gasteiger partial charge in [-0.2, -0.15) is 0 Å². The van der Waals surface area contributed by atoms with Gasteiger partial charge in [-0.1, -0.05) is 11.6 Å². The van der Waals surface area contributed by atoms with Crippen LogP contribution in [0.1, 0.15) is 36.1 Å². The zero-order valence-corrected chi connectivity index (χ0v) is 14.9. The molecule has 1 aromatic carbocycles. The molecule has 130 valence electrons. The smallest absolute Gasteiger partial charge is 0.213 e. The summed E-state index contributed by atoms with van der Waals surface area (Å²) in [6, 6.07) is 7.09. The summed E-state index contributed by atoms with van der Waals surface area (Å²) in [5.41, 5.74) is 5.23. The molecule has 0 bridgehead atoms. The molecule has 1 saturated carbocycles. The highest BCUT2D eigenvalue weighted by Crippen LogP contribution is 2.29. The van der Waals surface area contributed by atoms with E-state index >= 15 is 0 Å². The molecule has 2 aliphatic carbocycles. The maximum Gasteiger partial charge on any atom is 0.213 e. The van der Waals surface area contributed by atoms with Gasteiger partial charge in [0, 0.05) is 35.2 Å². The monoisotopic (exact) mass is 347 g/mol. The summed E-state index contributed by atoms with van der Waals surface area (Å²) in [5.74, 6) is 0.167. The first-order valence-electron chi connectivity index (χ1n) is 8.84. The summed E-state index contributed by atoms with van der Waals surface area (Å²) in [6.45, 7) is 2.64. The number of H-pyrrole nitrogens is 1. The zero-order chi connectivity index (χ0) is 16.7. The van der Waals surface area contributed by atoms with Crippen LogP contribution in [0.5, 0.6) is 0 Å². The van der Waals surface area contributed by atoms with E-state index < -0.39 is 10.0 Å². The van der Waals surface area contributed by atoms with Crippen LogP contribution in [0.4, 0.5) is 0 Å². The van der Waals surface area contributed by atoms with Crippen molar-refractivity contribution >= 4 is 20.9 Å². The number of benzene rings is 1. The molecule has 1 aromatic heterocycles. The van der Waals surface area contributed by atoms with Crippen molar-refractivity contribution in [2.75, 3.05) is 12.3 Å². The van der Waals surface area contributed by atoms with Crippen molar-refractivity contribution in [3.05, 3.63) is 35.0 Å². The highest BCUT2D eigenvalue weighted by molar-refractivity contribution is 7.89. The van der Waals surface area contributed by atoms with Gasteiger partial charge < -0.3 is 10.3 Å². The molecule has 0 saturated heterocycles. The largest absolute Gasteiger partial charge is 0.358 e. The molecule has 6 heteroatoms. The van der Waals surface area contributed by atoms with Crippen LogP contribution in [0.15, 0.2) is 18.2 Å². The minimum Gasteiger partial charge on any atom is -0.358 e. The summed E-state index contributed by atoms with van der Waals surface area (Å²) in [4.78, 5) is 3.54. The van der Waals surface area contributed by atoms with Crippen LogP contribution in [0, 0.1) is 6.92 Å². The van der Waals surface area contributed by atoms with Crippen molar-refractivity contribution in [3.8, 4) is 0 Å². The molecule has 5 nitrogen and oxygen atoms in total. The second kappa shape index (κ2) is 6.17. The Morgan fingerprint density at radius 2 is 2.04 bits per heavy atom. The molecule has 3 N–H and O–H groups in total. The van der Waals surface area contributed by atoms with Gasteiger partial charge in [-0.05, 0) is 56.7 Å². The first-order chi connectivity index (χ1) is 11.5. The van der Waals surface area contributed by atoms with E-state index in [4.69, 9.17) is 0 Å². The first kappa shape index (κ1) is 16.1. The van der Waals surface area contributed by atoms with E-state index in [1.54, 1.807) is 0 Å². The molecule has 0 aliphatic heterocycles. The van der Waals surface area contributed by atoms with Crippen LogP contribution < -0.4 is 10.0 Å². The summed E-state index contributed by atoms with van der Waals surface area (Å²) in [7, 11) is -3.13. The number of aryl methyl sites for hydroxylation is 2. The van der Waals surface area contributed by atoms with Crippen LogP contribution in [0.3, 0.4) is 0 Å². The van der Waals surface area contributed by atoms with E-state index in [2.05, 4.69) is 40.1 Å². The molecule has 1 unspecified atom stereocenters. The number of hydrogen-bond acceptors (Lipinski definition) is 3. The predicted octanol–water partition coefficient (Wildman–Crippen LogP) is 2.01. The van der Waals surface area contributed by atoms with Crippen LogP contribution >= 0.6 is 0 Å². The van der Waals surface area contributed by atoms with E-state index in [0.29, 0.717) is 12.6 Å². The molecule has 2 aromatic rings. The van der Waals surface area contributed by atoms with Crippen LogP contribution in [-0.4, -0.2) is 37.8 Å². The molecule has 24 heavy (non-hydrogen) atoms. The Balaban J connectivity index is 1.39. The van der Waals surface area contributed by atoms with Crippen molar-refractivity contribution in [1.29, 1.82) is 0 Å². The third kappa shape index (κ3) is 3.50. The number of nitrogens with one attached hydrogen (secondary N) is 3. The van der Waals surface area contributed by atoms with Gasteiger partial charge in [-0.3, -0.25) is 0 Å². The number of fused-ring (bicyclic) bond motifs is 3.